The molecule has 0 spiro atoms. The van der Waals surface area contributed by atoms with Gasteiger partial charge >= 0.3 is 0 Å². The van der Waals surface area contributed by atoms with Gasteiger partial charge < -0.3 is 9.32 Å². The van der Waals surface area contributed by atoms with Gasteiger partial charge in [-0.2, -0.15) is 0 Å². The second kappa shape index (κ2) is 6.13. The molecule has 0 aliphatic rings. The van der Waals surface area contributed by atoms with E-state index in [4.69, 9.17) is 27.6 Å². The molecule has 0 bridgehead atoms. The highest BCUT2D eigenvalue weighted by molar-refractivity contribution is 6.31. The summed E-state index contributed by atoms with van der Waals surface area (Å²) in [7, 11) is 0. The van der Waals surface area contributed by atoms with E-state index in [1.165, 1.54) is 0 Å². The van der Waals surface area contributed by atoms with Gasteiger partial charge in [-0.1, -0.05) is 11.6 Å². The Kier molecular flexibility index (Phi) is 4.51. The molecule has 0 saturated heterocycles. The van der Waals surface area contributed by atoms with Crippen LogP contribution in [0.25, 0.3) is 0 Å². The summed E-state index contributed by atoms with van der Waals surface area (Å²) < 4.78 is 5.28. The van der Waals surface area contributed by atoms with E-state index in [2.05, 4.69) is 0 Å². The fraction of sp³-hybridized carbons (Fsp3) is 0.214. The zero-order valence-corrected chi connectivity index (χ0v) is 11.9. The van der Waals surface area contributed by atoms with Crippen molar-refractivity contribution in [2.45, 2.75) is 13.5 Å². The molecule has 2 rings (SSSR count). The Morgan fingerprint density at radius 3 is 2.74 bits per heavy atom. The molecule has 19 heavy (non-hydrogen) atoms. The van der Waals surface area contributed by atoms with Crippen LogP contribution in [0.1, 0.15) is 11.3 Å². The van der Waals surface area contributed by atoms with Crippen molar-refractivity contribution < 1.29 is 9.21 Å². The van der Waals surface area contributed by atoms with Gasteiger partial charge in [0.1, 0.15) is 11.6 Å². The van der Waals surface area contributed by atoms with Crippen molar-refractivity contribution >= 4 is 34.8 Å². The van der Waals surface area contributed by atoms with Gasteiger partial charge in [0.15, 0.2) is 0 Å². The third kappa shape index (κ3) is 3.31. The average Bonchev–Trinajstić information content (AvgIpc) is 2.89. The number of hydrogen-bond acceptors (Lipinski definition) is 2. The van der Waals surface area contributed by atoms with Crippen LogP contribution < -0.4 is 4.90 Å². The molecule has 0 atom stereocenters. The maximum Gasteiger partial charge on any atom is 0.242 e. The summed E-state index contributed by atoms with van der Waals surface area (Å²) in [5, 5.41) is 0.637. The normalized spacial score (nSPS) is 10.5. The summed E-state index contributed by atoms with van der Waals surface area (Å²) in [5.74, 6) is 0.444. The molecule has 2 aromatic rings. The lowest BCUT2D eigenvalue weighted by Gasteiger charge is -2.23. The van der Waals surface area contributed by atoms with Gasteiger partial charge in [-0.15, -0.1) is 11.6 Å². The van der Waals surface area contributed by atoms with Crippen molar-refractivity contribution in [3.63, 3.8) is 0 Å². The molecule has 0 saturated carbocycles. The fourth-order valence-electron chi connectivity index (χ4n) is 1.86. The van der Waals surface area contributed by atoms with Crippen LogP contribution in [0.2, 0.25) is 5.02 Å². The number of benzene rings is 1. The zero-order chi connectivity index (χ0) is 13.8. The Labute approximate surface area is 121 Å². The number of anilines is 1. The van der Waals surface area contributed by atoms with Gasteiger partial charge in [0.2, 0.25) is 5.91 Å². The summed E-state index contributed by atoms with van der Waals surface area (Å²) in [6, 6.07) is 8.98. The molecule has 1 heterocycles. The molecule has 3 nitrogen and oxygen atoms in total. The first-order chi connectivity index (χ1) is 9.11. The van der Waals surface area contributed by atoms with Crippen molar-refractivity contribution in [3.8, 4) is 0 Å². The van der Waals surface area contributed by atoms with Crippen LogP contribution in [0.3, 0.4) is 0 Å². The number of furan rings is 1. The first-order valence-corrected chi connectivity index (χ1v) is 6.68. The summed E-state index contributed by atoms with van der Waals surface area (Å²) in [6.45, 7) is 2.25. The number of alkyl halides is 1. The third-order valence-corrected chi connectivity index (χ3v) is 3.22. The van der Waals surface area contributed by atoms with Crippen LogP contribution in [0.15, 0.2) is 41.0 Å². The molecule has 5 heteroatoms. The highest BCUT2D eigenvalue weighted by Gasteiger charge is 2.18. The Bertz CT molecular complexity index is 567. The second-order valence-electron chi connectivity index (χ2n) is 4.12. The minimum Gasteiger partial charge on any atom is -0.467 e. The number of nitrogens with zero attached hydrogens (tertiary/aromatic N) is 1. The van der Waals surface area contributed by atoms with Gasteiger partial charge in [-0.05, 0) is 42.8 Å². The molecule has 0 fully saturated rings. The number of halogens is 2. The Morgan fingerprint density at radius 2 is 2.16 bits per heavy atom. The standard InChI is InChI=1S/C14H13Cl2NO2/c1-10-7-11(16)4-5-13(10)17(14(18)8-15)9-12-3-2-6-19-12/h2-7H,8-9H2,1H3. The van der Waals surface area contributed by atoms with Crippen LogP contribution in [0.5, 0.6) is 0 Å². The largest absolute Gasteiger partial charge is 0.467 e. The van der Waals surface area contributed by atoms with Gasteiger partial charge in [-0.3, -0.25) is 4.79 Å². The predicted molar refractivity (Wildman–Crippen MR) is 76.8 cm³/mol. The molecule has 1 aromatic carbocycles. The second-order valence-corrected chi connectivity index (χ2v) is 4.83. The van der Waals surface area contributed by atoms with E-state index in [9.17, 15) is 4.79 Å². The first-order valence-electron chi connectivity index (χ1n) is 5.76. The van der Waals surface area contributed by atoms with Crippen molar-refractivity contribution in [1.29, 1.82) is 0 Å². The van der Waals surface area contributed by atoms with E-state index in [1.807, 2.05) is 25.1 Å². The average molecular weight is 298 g/mol. The lowest BCUT2D eigenvalue weighted by molar-refractivity contribution is -0.116. The van der Waals surface area contributed by atoms with Crippen molar-refractivity contribution in [2.24, 2.45) is 0 Å². The highest BCUT2D eigenvalue weighted by atomic mass is 35.5. The highest BCUT2D eigenvalue weighted by Crippen LogP contribution is 2.25. The molecule has 0 aliphatic carbocycles. The van der Waals surface area contributed by atoms with E-state index in [0.717, 1.165) is 11.3 Å². The number of carbonyl (C=O) groups excluding carboxylic acids is 1. The Balaban J connectivity index is 2.34. The van der Waals surface area contributed by atoms with Gasteiger partial charge in [0, 0.05) is 10.7 Å². The van der Waals surface area contributed by atoms with Crippen LogP contribution in [-0.2, 0) is 11.3 Å². The predicted octanol–water partition coefficient (Wildman–Crippen LogP) is 4.01. The molecule has 0 aliphatic heterocycles. The van der Waals surface area contributed by atoms with Crippen molar-refractivity contribution in [1.82, 2.24) is 0 Å². The Hall–Kier alpha value is -1.45. The Morgan fingerprint density at radius 1 is 1.37 bits per heavy atom. The number of carbonyl (C=O) groups is 1. The number of hydrogen-bond donors (Lipinski definition) is 0. The minimum atomic E-state index is -0.177. The maximum atomic E-state index is 12.0. The summed E-state index contributed by atoms with van der Waals surface area (Å²) in [5.41, 5.74) is 1.70. The number of rotatable bonds is 4. The van der Waals surface area contributed by atoms with Crippen LogP contribution >= 0.6 is 23.2 Å². The van der Waals surface area contributed by atoms with Crippen LogP contribution in [0, 0.1) is 6.92 Å². The van der Waals surface area contributed by atoms with Crippen LogP contribution in [0.4, 0.5) is 5.69 Å². The lowest BCUT2D eigenvalue weighted by atomic mass is 10.1. The zero-order valence-electron chi connectivity index (χ0n) is 10.4. The van der Waals surface area contributed by atoms with Gasteiger partial charge in [0.05, 0.1) is 12.8 Å². The maximum absolute atomic E-state index is 12.0. The molecule has 1 aromatic heterocycles. The summed E-state index contributed by atoms with van der Waals surface area (Å²) >= 11 is 11.6. The molecular weight excluding hydrogens is 285 g/mol. The molecular formula is C14H13Cl2NO2. The third-order valence-electron chi connectivity index (χ3n) is 2.76. The van der Waals surface area contributed by atoms with E-state index >= 15 is 0 Å². The van der Waals surface area contributed by atoms with E-state index in [0.29, 0.717) is 17.3 Å². The quantitative estimate of drug-likeness (QED) is 0.799. The minimum absolute atomic E-state index is 0.0806. The summed E-state index contributed by atoms with van der Waals surface area (Å²) in [6.07, 6.45) is 1.58. The monoisotopic (exact) mass is 297 g/mol. The number of aryl methyl sites for hydroxylation is 1. The van der Waals surface area contributed by atoms with Crippen molar-refractivity contribution in [3.05, 3.63) is 52.9 Å². The van der Waals surface area contributed by atoms with E-state index in [-0.39, 0.29) is 11.8 Å². The molecule has 100 valence electrons. The van der Waals surface area contributed by atoms with Crippen LogP contribution in [-0.4, -0.2) is 11.8 Å². The summed E-state index contributed by atoms with van der Waals surface area (Å²) in [4.78, 5) is 13.6. The number of amides is 1. The first kappa shape index (κ1) is 14.0. The SMILES string of the molecule is Cc1cc(Cl)ccc1N(Cc1ccco1)C(=O)CCl. The van der Waals surface area contributed by atoms with Gasteiger partial charge in [0.25, 0.3) is 0 Å². The smallest absolute Gasteiger partial charge is 0.242 e. The topological polar surface area (TPSA) is 33.5 Å². The molecule has 0 N–H and O–H groups in total. The van der Waals surface area contributed by atoms with Gasteiger partial charge in [-0.25, -0.2) is 0 Å². The van der Waals surface area contributed by atoms with E-state index in [1.54, 1.807) is 23.3 Å². The fourth-order valence-corrected chi connectivity index (χ4v) is 2.23. The molecule has 0 unspecified atom stereocenters. The van der Waals surface area contributed by atoms with Crippen molar-refractivity contribution in [2.75, 3.05) is 10.8 Å². The molecule has 1 amide bonds. The lowest BCUT2D eigenvalue weighted by Crippen LogP contribution is -2.31. The molecule has 0 radical (unpaired) electrons. The van der Waals surface area contributed by atoms with E-state index < -0.39 is 0 Å².